The van der Waals surface area contributed by atoms with E-state index in [1.165, 1.54) is 17.4 Å². The van der Waals surface area contributed by atoms with Crippen LogP contribution in [-0.2, 0) is 0 Å². The Labute approximate surface area is 157 Å². The SMILES string of the molecule is CCOc1ccc(/C=C(/C#N)c2nc(-c3cccs3)cs2)cc1[N+](=O)[O-]. The molecule has 0 aliphatic heterocycles. The van der Waals surface area contributed by atoms with Gasteiger partial charge in [0.1, 0.15) is 11.1 Å². The van der Waals surface area contributed by atoms with Crippen molar-refractivity contribution in [2.24, 2.45) is 0 Å². The predicted molar refractivity (Wildman–Crippen MR) is 103 cm³/mol. The maximum absolute atomic E-state index is 11.2. The third kappa shape index (κ3) is 3.79. The number of aromatic nitrogens is 1. The number of nitrogens with zero attached hydrogens (tertiary/aromatic N) is 3. The first-order chi connectivity index (χ1) is 12.6. The molecular weight excluding hydrogens is 370 g/mol. The fourth-order valence-electron chi connectivity index (χ4n) is 2.29. The Bertz CT molecular complexity index is 1000. The van der Waals surface area contributed by atoms with Gasteiger partial charge in [0, 0.05) is 11.4 Å². The van der Waals surface area contributed by atoms with E-state index in [0.717, 1.165) is 10.6 Å². The second-order valence-corrected chi connectivity index (χ2v) is 6.91. The summed E-state index contributed by atoms with van der Waals surface area (Å²) in [7, 11) is 0. The first kappa shape index (κ1) is 17.8. The Balaban J connectivity index is 1.96. The molecule has 0 N–H and O–H groups in total. The zero-order valence-electron chi connectivity index (χ0n) is 13.7. The number of thiazole rings is 1. The summed E-state index contributed by atoms with van der Waals surface area (Å²) in [5.41, 5.74) is 1.59. The number of benzene rings is 1. The molecule has 0 saturated heterocycles. The molecule has 0 fully saturated rings. The van der Waals surface area contributed by atoms with Gasteiger partial charge in [-0.15, -0.1) is 22.7 Å². The number of ether oxygens (including phenoxy) is 1. The van der Waals surface area contributed by atoms with E-state index in [4.69, 9.17) is 4.74 Å². The van der Waals surface area contributed by atoms with Gasteiger partial charge < -0.3 is 4.74 Å². The van der Waals surface area contributed by atoms with Crippen LogP contribution < -0.4 is 4.74 Å². The average Bonchev–Trinajstić information content (AvgIpc) is 3.32. The maximum Gasteiger partial charge on any atom is 0.311 e. The van der Waals surface area contributed by atoms with Crippen molar-refractivity contribution in [3.63, 3.8) is 0 Å². The molecule has 0 radical (unpaired) electrons. The summed E-state index contributed by atoms with van der Waals surface area (Å²) in [4.78, 5) is 16.3. The number of rotatable bonds is 6. The summed E-state index contributed by atoms with van der Waals surface area (Å²) in [5.74, 6) is 0.211. The summed E-state index contributed by atoms with van der Waals surface area (Å²) >= 11 is 2.94. The molecule has 0 aliphatic rings. The Morgan fingerprint density at radius 2 is 2.27 bits per heavy atom. The smallest absolute Gasteiger partial charge is 0.311 e. The van der Waals surface area contributed by atoms with Gasteiger partial charge in [-0.3, -0.25) is 10.1 Å². The molecule has 2 heterocycles. The molecule has 0 unspecified atom stereocenters. The van der Waals surface area contributed by atoms with E-state index in [-0.39, 0.29) is 11.4 Å². The lowest BCUT2D eigenvalue weighted by atomic mass is 10.1. The van der Waals surface area contributed by atoms with Gasteiger partial charge in [0.2, 0.25) is 0 Å². The predicted octanol–water partition coefficient (Wildman–Crippen LogP) is 5.24. The molecule has 2 aromatic heterocycles. The minimum absolute atomic E-state index is 0.128. The van der Waals surface area contributed by atoms with Crippen molar-refractivity contribution in [3.8, 4) is 22.4 Å². The van der Waals surface area contributed by atoms with Crippen molar-refractivity contribution in [2.75, 3.05) is 6.61 Å². The molecule has 0 aliphatic carbocycles. The molecule has 0 atom stereocenters. The van der Waals surface area contributed by atoms with Crippen molar-refractivity contribution < 1.29 is 9.66 Å². The molecule has 1 aromatic carbocycles. The Morgan fingerprint density at radius 1 is 1.42 bits per heavy atom. The van der Waals surface area contributed by atoms with Crippen LogP contribution in [0.25, 0.3) is 22.2 Å². The van der Waals surface area contributed by atoms with Gasteiger partial charge in [0.05, 0.1) is 27.7 Å². The fourth-order valence-corrected chi connectivity index (χ4v) is 3.83. The number of nitriles is 1. The largest absolute Gasteiger partial charge is 0.487 e. The molecule has 6 nitrogen and oxygen atoms in total. The van der Waals surface area contributed by atoms with E-state index in [1.54, 1.807) is 36.5 Å². The number of nitro groups is 1. The van der Waals surface area contributed by atoms with Crippen LogP contribution >= 0.6 is 22.7 Å². The van der Waals surface area contributed by atoms with Crippen molar-refractivity contribution in [2.45, 2.75) is 6.92 Å². The van der Waals surface area contributed by atoms with Gasteiger partial charge >= 0.3 is 5.69 Å². The molecule has 3 aromatic rings. The molecule has 0 amide bonds. The Morgan fingerprint density at radius 3 is 2.92 bits per heavy atom. The molecule has 0 bridgehead atoms. The van der Waals surface area contributed by atoms with Gasteiger partial charge in [-0.1, -0.05) is 12.1 Å². The lowest BCUT2D eigenvalue weighted by Gasteiger charge is -2.04. The number of nitro benzene ring substituents is 1. The highest BCUT2D eigenvalue weighted by Crippen LogP contribution is 2.32. The zero-order valence-corrected chi connectivity index (χ0v) is 15.3. The van der Waals surface area contributed by atoms with Gasteiger partial charge in [0.25, 0.3) is 0 Å². The minimum atomic E-state index is -0.493. The van der Waals surface area contributed by atoms with Crippen LogP contribution in [0.2, 0.25) is 0 Å². The molecule has 130 valence electrons. The van der Waals surface area contributed by atoms with Gasteiger partial charge in [-0.2, -0.15) is 5.26 Å². The van der Waals surface area contributed by atoms with E-state index >= 15 is 0 Å². The highest BCUT2D eigenvalue weighted by Gasteiger charge is 2.16. The normalized spacial score (nSPS) is 11.2. The van der Waals surface area contributed by atoms with Crippen molar-refractivity contribution in [3.05, 3.63) is 61.8 Å². The highest BCUT2D eigenvalue weighted by molar-refractivity contribution is 7.14. The second kappa shape index (κ2) is 7.91. The molecule has 3 rings (SSSR count). The van der Waals surface area contributed by atoms with E-state index in [9.17, 15) is 15.4 Å². The molecule has 8 heteroatoms. The molecular formula is C18H13N3O3S2. The van der Waals surface area contributed by atoms with Crippen molar-refractivity contribution in [1.82, 2.24) is 4.98 Å². The van der Waals surface area contributed by atoms with Gasteiger partial charge in [0.15, 0.2) is 5.75 Å². The van der Waals surface area contributed by atoms with Crippen LogP contribution in [0.3, 0.4) is 0 Å². The third-order valence-corrected chi connectivity index (χ3v) is 5.19. The fraction of sp³-hybridized carbons (Fsp3) is 0.111. The zero-order chi connectivity index (χ0) is 18.5. The lowest BCUT2D eigenvalue weighted by Crippen LogP contribution is -1.97. The number of allylic oxidation sites excluding steroid dienone is 1. The monoisotopic (exact) mass is 383 g/mol. The van der Waals surface area contributed by atoms with E-state index < -0.39 is 4.92 Å². The van der Waals surface area contributed by atoms with Crippen molar-refractivity contribution >= 4 is 40.0 Å². The molecule has 0 spiro atoms. The van der Waals surface area contributed by atoms with Crippen LogP contribution in [0, 0.1) is 21.4 Å². The van der Waals surface area contributed by atoms with Crippen LogP contribution in [-0.4, -0.2) is 16.5 Å². The minimum Gasteiger partial charge on any atom is -0.487 e. The summed E-state index contributed by atoms with van der Waals surface area (Å²) in [6.07, 6.45) is 1.60. The molecule has 0 saturated carbocycles. The Kier molecular flexibility index (Phi) is 5.41. The average molecular weight is 383 g/mol. The number of hydrogen-bond acceptors (Lipinski definition) is 7. The Hall–Kier alpha value is -3.02. The quantitative estimate of drug-likeness (QED) is 0.330. The lowest BCUT2D eigenvalue weighted by molar-refractivity contribution is -0.385. The van der Waals surface area contributed by atoms with Gasteiger partial charge in [-0.05, 0) is 36.1 Å². The maximum atomic E-state index is 11.2. The summed E-state index contributed by atoms with van der Waals surface area (Å²) in [6, 6.07) is 10.7. The first-order valence-corrected chi connectivity index (χ1v) is 9.41. The van der Waals surface area contributed by atoms with Crippen LogP contribution in [0.15, 0.2) is 41.1 Å². The standard InChI is InChI=1S/C18H13N3O3S2/c1-2-24-16-6-5-12(9-15(16)21(22)23)8-13(10-19)18-20-14(11-26-18)17-4-3-7-25-17/h3-9,11H,2H2,1H3/b13-8-. The first-order valence-electron chi connectivity index (χ1n) is 7.65. The van der Waals surface area contributed by atoms with Crippen molar-refractivity contribution in [1.29, 1.82) is 5.26 Å². The van der Waals surface area contributed by atoms with Crippen LogP contribution in [0.4, 0.5) is 5.69 Å². The summed E-state index contributed by atoms with van der Waals surface area (Å²) in [5, 5.41) is 25.2. The second-order valence-electron chi connectivity index (χ2n) is 5.10. The third-order valence-electron chi connectivity index (χ3n) is 3.42. The van der Waals surface area contributed by atoms with E-state index in [0.29, 0.717) is 22.8 Å². The summed E-state index contributed by atoms with van der Waals surface area (Å²) < 4.78 is 5.28. The van der Waals surface area contributed by atoms with Gasteiger partial charge in [-0.25, -0.2) is 4.98 Å². The topological polar surface area (TPSA) is 89.0 Å². The van der Waals surface area contributed by atoms with E-state index in [2.05, 4.69) is 11.1 Å². The number of hydrogen-bond donors (Lipinski definition) is 0. The summed E-state index contributed by atoms with van der Waals surface area (Å²) in [6.45, 7) is 2.10. The van der Waals surface area contributed by atoms with Crippen LogP contribution in [0.5, 0.6) is 5.75 Å². The molecule has 26 heavy (non-hydrogen) atoms. The number of thiophene rings is 1. The highest BCUT2D eigenvalue weighted by atomic mass is 32.1. The van der Waals surface area contributed by atoms with Crippen LogP contribution in [0.1, 0.15) is 17.5 Å². The van der Waals surface area contributed by atoms with E-state index in [1.807, 2.05) is 22.9 Å².